The van der Waals surface area contributed by atoms with Crippen LogP contribution in [-0.4, -0.2) is 30.6 Å². The molecule has 4 bridgehead atoms. The molecule has 35 heavy (non-hydrogen) atoms. The van der Waals surface area contributed by atoms with E-state index in [1.54, 1.807) is 24.4 Å². The summed E-state index contributed by atoms with van der Waals surface area (Å²) < 4.78 is 30.2. The van der Waals surface area contributed by atoms with E-state index in [0.717, 1.165) is 50.3 Å². The Labute approximate surface area is 206 Å². The average Bonchev–Trinajstić information content (AvgIpc) is 3.26. The predicted octanol–water partition coefficient (Wildman–Crippen LogP) is 3.86. The number of nitrogens with one attached hydrogen (secondary N) is 1. The van der Waals surface area contributed by atoms with Crippen molar-refractivity contribution in [1.82, 2.24) is 9.71 Å². The molecule has 1 amide bonds. The monoisotopic (exact) mass is 495 g/mol. The highest BCUT2D eigenvalue weighted by molar-refractivity contribution is 7.89. The number of primary amides is 1. The van der Waals surface area contributed by atoms with Crippen LogP contribution in [0.25, 0.3) is 10.9 Å². The van der Waals surface area contributed by atoms with Gasteiger partial charge >= 0.3 is 0 Å². The van der Waals surface area contributed by atoms with Gasteiger partial charge in [-0.1, -0.05) is 31.0 Å². The second-order valence-corrected chi connectivity index (χ2v) is 13.6. The number of fused-ring (bicyclic) bond motifs is 1. The van der Waals surface area contributed by atoms with Crippen LogP contribution in [0.2, 0.25) is 0 Å². The third kappa shape index (κ3) is 3.71. The fourth-order valence-electron chi connectivity index (χ4n) is 8.48. The summed E-state index contributed by atoms with van der Waals surface area (Å²) >= 11 is 0. The zero-order valence-corrected chi connectivity index (χ0v) is 20.8. The normalized spacial score (nSPS) is 33.3. The first-order valence-electron chi connectivity index (χ1n) is 12.9. The van der Waals surface area contributed by atoms with E-state index < -0.39 is 21.0 Å². The molecular formula is C27H33N3O4S. The van der Waals surface area contributed by atoms with Crippen LogP contribution in [0.15, 0.2) is 41.4 Å². The van der Waals surface area contributed by atoms with Crippen molar-refractivity contribution < 1.29 is 18.0 Å². The largest absolute Gasteiger partial charge is 0.369 e. The molecule has 5 saturated carbocycles. The lowest BCUT2D eigenvalue weighted by atomic mass is 9.43. The average molecular weight is 496 g/mol. The lowest BCUT2D eigenvalue weighted by Gasteiger charge is -2.61. The van der Waals surface area contributed by atoms with Crippen molar-refractivity contribution in [1.29, 1.82) is 0 Å². The van der Waals surface area contributed by atoms with E-state index in [9.17, 15) is 18.0 Å². The molecule has 7 rings (SSSR count). The SMILES string of the molecule is NC(=O)C12CC3CC(CC(CC(=O)C4(NS(=O)(=O)c5cccc6cccnc56)CCCC4)(C3)C1)C2. The van der Waals surface area contributed by atoms with Crippen molar-refractivity contribution in [3.05, 3.63) is 36.5 Å². The van der Waals surface area contributed by atoms with Gasteiger partial charge in [-0.15, -0.1) is 0 Å². The number of para-hydroxylation sites is 1. The summed E-state index contributed by atoms with van der Waals surface area (Å²) in [6, 6.07) is 8.71. The van der Waals surface area contributed by atoms with E-state index >= 15 is 0 Å². The number of hydrogen-bond donors (Lipinski definition) is 2. The molecule has 2 unspecified atom stereocenters. The Bertz CT molecular complexity index is 1300. The molecule has 5 aliphatic carbocycles. The van der Waals surface area contributed by atoms with Crippen LogP contribution in [-0.2, 0) is 19.6 Å². The first-order valence-corrected chi connectivity index (χ1v) is 14.3. The Morgan fingerprint density at radius 2 is 1.71 bits per heavy atom. The summed E-state index contributed by atoms with van der Waals surface area (Å²) in [5, 5.41) is 0.743. The van der Waals surface area contributed by atoms with Crippen LogP contribution in [0.4, 0.5) is 0 Å². The zero-order chi connectivity index (χ0) is 24.5. The van der Waals surface area contributed by atoms with Crippen LogP contribution < -0.4 is 10.5 Å². The van der Waals surface area contributed by atoms with E-state index in [1.807, 2.05) is 12.1 Å². The van der Waals surface area contributed by atoms with Crippen LogP contribution >= 0.6 is 0 Å². The van der Waals surface area contributed by atoms with Crippen molar-refractivity contribution in [2.24, 2.45) is 28.4 Å². The fraction of sp³-hybridized carbons (Fsp3) is 0.593. The Balaban J connectivity index is 1.31. The number of Topliss-reactive ketones (excluding diaryl/α,β-unsaturated/α-hetero) is 1. The number of pyridine rings is 1. The van der Waals surface area contributed by atoms with Gasteiger partial charge < -0.3 is 5.73 Å². The minimum absolute atomic E-state index is 0.0201. The number of aromatic nitrogens is 1. The Hall–Kier alpha value is -2.32. The molecule has 5 aliphatic rings. The number of nitrogens with zero attached hydrogens (tertiary/aromatic N) is 1. The van der Waals surface area contributed by atoms with Gasteiger partial charge in [0.05, 0.1) is 16.5 Å². The summed E-state index contributed by atoms with van der Waals surface area (Å²) in [5.74, 6) is 0.639. The van der Waals surface area contributed by atoms with E-state index in [-0.39, 0.29) is 22.0 Å². The van der Waals surface area contributed by atoms with Gasteiger partial charge in [-0.05, 0) is 80.8 Å². The zero-order valence-electron chi connectivity index (χ0n) is 20.0. The number of carbonyl (C=O) groups excluding carboxylic acids is 2. The van der Waals surface area contributed by atoms with E-state index in [2.05, 4.69) is 9.71 Å². The Morgan fingerprint density at radius 3 is 2.40 bits per heavy atom. The van der Waals surface area contributed by atoms with Crippen LogP contribution in [0.3, 0.4) is 0 Å². The predicted molar refractivity (Wildman–Crippen MR) is 132 cm³/mol. The summed E-state index contributed by atoms with van der Waals surface area (Å²) in [7, 11) is -3.97. The van der Waals surface area contributed by atoms with Gasteiger partial charge in [-0.25, -0.2) is 8.42 Å². The number of sulfonamides is 1. The molecule has 1 aromatic heterocycles. The summed E-state index contributed by atoms with van der Waals surface area (Å²) in [4.78, 5) is 31.0. The smallest absolute Gasteiger partial charge is 0.243 e. The quantitative estimate of drug-likeness (QED) is 0.605. The molecule has 2 atom stereocenters. The van der Waals surface area contributed by atoms with E-state index in [0.29, 0.717) is 43.0 Å². The van der Waals surface area contributed by atoms with Gasteiger partial charge in [-0.2, -0.15) is 4.72 Å². The molecule has 2 aromatic rings. The minimum Gasteiger partial charge on any atom is -0.369 e. The molecule has 186 valence electrons. The Morgan fingerprint density at radius 1 is 1.03 bits per heavy atom. The highest BCUT2D eigenvalue weighted by atomic mass is 32.2. The highest BCUT2D eigenvalue weighted by Gasteiger charge is 2.61. The van der Waals surface area contributed by atoms with Gasteiger partial charge in [0.2, 0.25) is 15.9 Å². The molecule has 7 nitrogen and oxygen atoms in total. The number of carbonyl (C=O) groups is 2. The lowest BCUT2D eigenvalue weighted by Crippen LogP contribution is -2.59. The standard InChI is InChI=1S/C27H33N3O4S/c28-24(32)26-14-18-11-19(15-26)13-25(12-18,17-26)16-22(31)27(8-1-2-9-27)30-35(33,34)21-7-3-5-20-6-4-10-29-23(20)21/h3-7,10,18-19,30H,1-2,8-9,11-17H2,(H2,28,32). The van der Waals surface area contributed by atoms with Crippen LogP contribution in [0.1, 0.15) is 70.6 Å². The molecule has 0 spiro atoms. The molecule has 8 heteroatoms. The third-order valence-corrected chi connectivity index (χ3v) is 11.0. The molecular weight excluding hydrogens is 462 g/mol. The first-order chi connectivity index (χ1) is 16.6. The van der Waals surface area contributed by atoms with Crippen molar-refractivity contribution in [3.8, 4) is 0 Å². The molecule has 0 saturated heterocycles. The van der Waals surface area contributed by atoms with E-state index in [1.165, 1.54) is 0 Å². The molecule has 0 aliphatic heterocycles. The van der Waals surface area contributed by atoms with Crippen LogP contribution in [0.5, 0.6) is 0 Å². The lowest BCUT2D eigenvalue weighted by molar-refractivity contribution is -0.159. The second-order valence-electron chi connectivity index (χ2n) is 11.9. The third-order valence-electron chi connectivity index (χ3n) is 9.45. The van der Waals surface area contributed by atoms with Gasteiger partial charge in [0.15, 0.2) is 5.78 Å². The van der Waals surface area contributed by atoms with Crippen LogP contribution in [0, 0.1) is 22.7 Å². The Kier molecular flexibility index (Phi) is 5.17. The van der Waals surface area contributed by atoms with Gasteiger partial charge in [0.1, 0.15) is 4.90 Å². The number of amides is 1. The topological polar surface area (TPSA) is 119 Å². The van der Waals surface area contributed by atoms with Crippen molar-refractivity contribution >= 4 is 32.6 Å². The number of ketones is 1. The number of nitrogens with two attached hydrogens (primary N) is 1. The molecule has 1 heterocycles. The van der Waals surface area contributed by atoms with Gasteiger partial charge in [-0.3, -0.25) is 14.6 Å². The molecule has 0 radical (unpaired) electrons. The number of hydrogen-bond acceptors (Lipinski definition) is 5. The fourth-order valence-corrected chi connectivity index (χ4v) is 10.1. The molecule has 3 N–H and O–H groups in total. The first kappa shape index (κ1) is 23.1. The molecule has 1 aromatic carbocycles. The van der Waals surface area contributed by atoms with E-state index in [4.69, 9.17) is 5.73 Å². The molecule has 5 fully saturated rings. The van der Waals surface area contributed by atoms with Crippen molar-refractivity contribution in [2.45, 2.75) is 81.1 Å². The summed E-state index contributed by atoms with van der Waals surface area (Å²) in [6.07, 6.45) is 9.92. The number of rotatable bonds is 7. The van der Waals surface area contributed by atoms with Gasteiger partial charge in [0.25, 0.3) is 0 Å². The maximum atomic E-state index is 14.0. The number of benzene rings is 1. The van der Waals surface area contributed by atoms with Gasteiger partial charge in [0, 0.05) is 18.0 Å². The maximum absolute atomic E-state index is 14.0. The highest BCUT2D eigenvalue weighted by Crippen LogP contribution is 2.66. The minimum atomic E-state index is -3.97. The summed E-state index contributed by atoms with van der Waals surface area (Å²) in [5.41, 5.74) is 4.49. The summed E-state index contributed by atoms with van der Waals surface area (Å²) in [6.45, 7) is 0. The maximum Gasteiger partial charge on any atom is 0.243 e. The van der Waals surface area contributed by atoms with Crippen molar-refractivity contribution in [3.63, 3.8) is 0 Å². The second kappa shape index (κ2) is 7.84. The van der Waals surface area contributed by atoms with Crippen molar-refractivity contribution in [2.75, 3.05) is 0 Å².